The fourth-order valence-electron chi connectivity index (χ4n) is 1.88. The highest BCUT2D eigenvalue weighted by Gasteiger charge is 2.09. The monoisotopic (exact) mass is 329 g/mol. The van der Waals surface area contributed by atoms with Crippen molar-refractivity contribution in [3.63, 3.8) is 0 Å². The van der Waals surface area contributed by atoms with Gasteiger partial charge in [0.2, 0.25) is 0 Å². The second-order valence-corrected chi connectivity index (χ2v) is 5.45. The maximum atomic E-state index is 6.16. The van der Waals surface area contributed by atoms with Crippen LogP contribution in [0.2, 0.25) is 15.1 Å². The Kier molecular flexibility index (Phi) is 5.55. The Bertz CT molecular complexity index is 602. The van der Waals surface area contributed by atoms with E-state index >= 15 is 0 Å². The first kappa shape index (κ1) is 15.5. The van der Waals surface area contributed by atoms with Crippen molar-refractivity contribution >= 4 is 34.8 Å². The number of hydrogen-bond acceptors (Lipinski definition) is 2. The maximum absolute atomic E-state index is 6.16. The van der Waals surface area contributed by atoms with Crippen molar-refractivity contribution in [3.05, 3.63) is 62.6 Å². The molecule has 0 heterocycles. The van der Waals surface area contributed by atoms with E-state index in [2.05, 4.69) is 0 Å². The summed E-state index contributed by atoms with van der Waals surface area (Å²) in [7, 11) is 0. The smallest absolute Gasteiger partial charge is 0.124 e. The van der Waals surface area contributed by atoms with Crippen molar-refractivity contribution < 1.29 is 4.74 Å². The van der Waals surface area contributed by atoms with Crippen LogP contribution in [0.5, 0.6) is 5.75 Å². The Morgan fingerprint density at radius 1 is 0.950 bits per heavy atom. The molecule has 0 spiro atoms. The molecule has 0 aromatic heterocycles. The molecule has 5 heteroatoms. The zero-order valence-corrected chi connectivity index (χ0v) is 13.0. The third-order valence-electron chi connectivity index (χ3n) is 2.88. The van der Waals surface area contributed by atoms with Crippen LogP contribution in [0.4, 0.5) is 0 Å². The summed E-state index contributed by atoms with van der Waals surface area (Å²) in [5, 5.41) is 1.68. The minimum Gasteiger partial charge on any atom is -0.489 e. The summed E-state index contributed by atoms with van der Waals surface area (Å²) in [4.78, 5) is 0. The minimum absolute atomic E-state index is 0.331. The minimum atomic E-state index is 0.331. The molecule has 2 rings (SSSR count). The standard InChI is InChI=1S/C15H14Cl3NO/c16-12-4-2-6-14(11(12)7-8-19)20-9-10-3-1-5-13(17)15(10)18/h1-6H,7-9,19H2. The molecule has 2 N–H and O–H groups in total. The van der Waals surface area contributed by atoms with Gasteiger partial charge in [0.05, 0.1) is 10.0 Å². The molecule has 0 atom stereocenters. The van der Waals surface area contributed by atoms with E-state index in [4.69, 9.17) is 45.3 Å². The van der Waals surface area contributed by atoms with Crippen LogP contribution in [0.3, 0.4) is 0 Å². The lowest BCUT2D eigenvalue weighted by molar-refractivity contribution is 0.303. The molecule has 0 amide bonds. The summed E-state index contributed by atoms with van der Waals surface area (Å²) in [5.41, 5.74) is 7.34. The van der Waals surface area contributed by atoms with Crippen molar-refractivity contribution in [2.75, 3.05) is 6.54 Å². The van der Waals surface area contributed by atoms with Crippen molar-refractivity contribution in [2.24, 2.45) is 5.73 Å². The summed E-state index contributed by atoms with van der Waals surface area (Å²) in [5.74, 6) is 0.721. The van der Waals surface area contributed by atoms with Gasteiger partial charge in [-0.2, -0.15) is 0 Å². The number of nitrogens with two attached hydrogens (primary N) is 1. The third-order valence-corrected chi connectivity index (χ3v) is 4.10. The molecule has 0 saturated carbocycles. The molecule has 0 aliphatic rings. The van der Waals surface area contributed by atoms with Gasteiger partial charge in [0, 0.05) is 16.1 Å². The number of hydrogen-bond donors (Lipinski definition) is 1. The van der Waals surface area contributed by atoms with Gasteiger partial charge >= 0.3 is 0 Å². The summed E-state index contributed by atoms with van der Waals surface area (Å²) in [6.07, 6.45) is 0.665. The second-order valence-electron chi connectivity index (χ2n) is 4.26. The van der Waals surface area contributed by atoms with Gasteiger partial charge in [-0.15, -0.1) is 0 Å². The van der Waals surface area contributed by atoms with Gasteiger partial charge in [-0.25, -0.2) is 0 Å². The predicted octanol–water partition coefficient (Wildman–Crippen LogP) is 4.73. The zero-order valence-electron chi connectivity index (χ0n) is 10.7. The molecule has 0 saturated heterocycles. The van der Waals surface area contributed by atoms with Crippen LogP contribution in [0.15, 0.2) is 36.4 Å². The Hall–Kier alpha value is -0.930. The van der Waals surface area contributed by atoms with E-state index in [1.54, 1.807) is 6.07 Å². The van der Waals surface area contributed by atoms with E-state index < -0.39 is 0 Å². The van der Waals surface area contributed by atoms with E-state index in [0.717, 1.165) is 16.9 Å². The first-order chi connectivity index (χ1) is 9.63. The molecule has 0 fully saturated rings. The number of benzene rings is 2. The Morgan fingerprint density at radius 2 is 1.65 bits per heavy atom. The lowest BCUT2D eigenvalue weighted by atomic mass is 10.1. The largest absolute Gasteiger partial charge is 0.489 e. The van der Waals surface area contributed by atoms with Crippen molar-refractivity contribution in [2.45, 2.75) is 13.0 Å². The molecule has 2 nitrogen and oxygen atoms in total. The van der Waals surface area contributed by atoms with E-state index in [-0.39, 0.29) is 0 Å². The molecule has 0 radical (unpaired) electrons. The summed E-state index contributed by atoms with van der Waals surface area (Å²) in [6.45, 7) is 0.843. The molecular weight excluding hydrogens is 317 g/mol. The van der Waals surface area contributed by atoms with E-state index in [9.17, 15) is 0 Å². The van der Waals surface area contributed by atoms with Gasteiger partial charge in [0.25, 0.3) is 0 Å². The molecule has 0 unspecified atom stereocenters. The molecule has 0 aliphatic carbocycles. The topological polar surface area (TPSA) is 35.2 Å². The van der Waals surface area contributed by atoms with E-state index in [0.29, 0.717) is 34.6 Å². The SMILES string of the molecule is NCCc1c(Cl)cccc1OCc1cccc(Cl)c1Cl. The molecule has 0 aliphatic heterocycles. The van der Waals surface area contributed by atoms with Gasteiger partial charge in [0.15, 0.2) is 0 Å². The molecule has 2 aromatic carbocycles. The van der Waals surface area contributed by atoms with Crippen molar-refractivity contribution in [1.29, 1.82) is 0 Å². The third kappa shape index (κ3) is 3.58. The lowest BCUT2D eigenvalue weighted by Crippen LogP contribution is -2.06. The first-order valence-electron chi connectivity index (χ1n) is 6.16. The van der Waals surface area contributed by atoms with Crippen LogP contribution in [-0.2, 0) is 13.0 Å². The number of rotatable bonds is 5. The van der Waals surface area contributed by atoms with Crippen molar-refractivity contribution in [3.8, 4) is 5.75 Å². The first-order valence-corrected chi connectivity index (χ1v) is 7.30. The highest BCUT2D eigenvalue weighted by atomic mass is 35.5. The van der Waals surface area contributed by atoms with Crippen LogP contribution in [0.1, 0.15) is 11.1 Å². The van der Waals surface area contributed by atoms with Gasteiger partial charge in [-0.05, 0) is 31.2 Å². The lowest BCUT2D eigenvalue weighted by Gasteiger charge is -2.13. The predicted molar refractivity (Wildman–Crippen MR) is 85.0 cm³/mol. The fraction of sp³-hybridized carbons (Fsp3) is 0.200. The summed E-state index contributed by atoms with van der Waals surface area (Å²) in [6, 6.07) is 11.0. The molecule has 2 aromatic rings. The fourth-order valence-corrected chi connectivity index (χ4v) is 2.51. The van der Waals surface area contributed by atoms with Crippen LogP contribution in [0, 0.1) is 0 Å². The van der Waals surface area contributed by atoms with Crippen molar-refractivity contribution in [1.82, 2.24) is 0 Å². The Labute approximate surface area is 133 Å². The van der Waals surface area contributed by atoms with Crippen LogP contribution in [0.25, 0.3) is 0 Å². The number of halogens is 3. The van der Waals surface area contributed by atoms with Gasteiger partial charge < -0.3 is 10.5 Å². The Balaban J connectivity index is 2.19. The zero-order chi connectivity index (χ0) is 14.5. The van der Waals surface area contributed by atoms with E-state index in [1.165, 1.54) is 0 Å². The van der Waals surface area contributed by atoms with E-state index in [1.807, 2.05) is 30.3 Å². The normalized spacial score (nSPS) is 10.6. The van der Waals surface area contributed by atoms with Crippen LogP contribution >= 0.6 is 34.8 Å². The average Bonchev–Trinajstić information content (AvgIpc) is 2.44. The molecule has 20 heavy (non-hydrogen) atoms. The van der Waals surface area contributed by atoms with Crippen LogP contribution < -0.4 is 10.5 Å². The maximum Gasteiger partial charge on any atom is 0.124 e. The molecule has 0 bridgehead atoms. The highest BCUT2D eigenvalue weighted by Crippen LogP contribution is 2.30. The molecule has 106 valence electrons. The average molecular weight is 331 g/mol. The second kappa shape index (κ2) is 7.19. The summed E-state index contributed by atoms with van der Waals surface area (Å²) >= 11 is 18.3. The van der Waals surface area contributed by atoms with Gasteiger partial charge in [-0.3, -0.25) is 0 Å². The quantitative estimate of drug-likeness (QED) is 0.860. The molecular formula is C15H14Cl3NO. The number of ether oxygens (including phenoxy) is 1. The van der Waals surface area contributed by atoms with Crippen LogP contribution in [-0.4, -0.2) is 6.54 Å². The van der Waals surface area contributed by atoms with Gasteiger partial charge in [0.1, 0.15) is 12.4 Å². The highest BCUT2D eigenvalue weighted by molar-refractivity contribution is 6.42. The Morgan fingerprint density at radius 3 is 2.40 bits per heavy atom. The summed E-state index contributed by atoms with van der Waals surface area (Å²) < 4.78 is 5.81. The van der Waals surface area contributed by atoms with Gasteiger partial charge in [-0.1, -0.05) is 53.0 Å².